The Morgan fingerprint density at radius 2 is 1.84 bits per heavy atom. The Labute approximate surface area is 159 Å². The lowest BCUT2D eigenvalue weighted by molar-refractivity contribution is 0.521. The van der Waals surface area contributed by atoms with Gasteiger partial charge in [0.25, 0.3) is 0 Å². The van der Waals surface area contributed by atoms with Crippen LogP contribution in [-0.2, 0) is 10.0 Å². The van der Waals surface area contributed by atoms with Crippen LogP contribution in [0.2, 0.25) is 5.02 Å². The van der Waals surface area contributed by atoms with Gasteiger partial charge in [-0.1, -0.05) is 29.8 Å². The molecule has 0 heterocycles. The SMILES string of the molecule is C[C@@H](NC(=S)Nc1cccc(S(=O)(=O)N(C)C)c1)c1cccc(Cl)c1. The smallest absolute Gasteiger partial charge is 0.242 e. The predicted octanol–water partition coefficient (Wildman–Crippen LogP) is 3.64. The highest BCUT2D eigenvalue weighted by Gasteiger charge is 2.17. The minimum atomic E-state index is -3.49. The molecule has 134 valence electrons. The first-order valence-electron chi connectivity index (χ1n) is 7.56. The van der Waals surface area contributed by atoms with Crippen molar-refractivity contribution in [2.24, 2.45) is 0 Å². The molecular weight excluding hydrogens is 378 g/mol. The minimum absolute atomic E-state index is 0.0487. The molecule has 2 aromatic carbocycles. The third kappa shape index (κ3) is 5.15. The lowest BCUT2D eigenvalue weighted by Gasteiger charge is -2.18. The third-order valence-corrected chi connectivity index (χ3v) is 5.83. The van der Waals surface area contributed by atoms with E-state index in [0.29, 0.717) is 15.8 Å². The zero-order valence-electron chi connectivity index (χ0n) is 14.2. The zero-order valence-corrected chi connectivity index (χ0v) is 16.5. The summed E-state index contributed by atoms with van der Waals surface area (Å²) < 4.78 is 25.6. The monoisotopic (exact) mass is 397 g/mol. The molecule has 0 aliphatic heterocycles. The molecule has 0 fully saturated rings. The molecule has 0 aromatic heterocycles. The van der Waals surface area contributed by atoms with Gasteiger partial charge in [0.05, 0.1) is 10.9 Å². The van der Waals surface area contributed by atoms with E-state index in [1.165, 1.54) is 18.4 Å². The van der Waals surface area contributed by atoms with Crippen LogP contribution in [-0.4, -0.2) is 31.9 Å². The van der Waals surface area contributed by atoms with Crippen LogP contribution in [0.3, 0.4) is 0 Å². The van der Waals surface area contributed by atoms with Crippen molar-refractivity contribution in [2.75, 3.05) is 19.4 Å². The highest BCUT2D eigenvalue weighted by Crippen LogP contribution is 2.19. The summed E-state index contributed by atoms with van der Waals surface area (Å²) in [4.78, 5) is 0.202. The van der Waals surface area contributed by atoms with E-state index in [1.807, 2.05) is 31.2 Å². The highest BCUT2D eigenvalue weighted by atomic mass is 35.5. The molecule has 2 aromatic rings. The Bertz CT molecular complexity index is 870. The molecule has 5 nitrogen and oxygen atoms in total. The van der Waals surface area contributed by atoms with E-state index in [-0.39, 0.29) is 10.9 Å². The second-order valence-corrected chi connectivity index (χ2v) is 8.69. The van der Waals surface area contributed by atoms with Crippen LogP contribution in [0.5, 0.6) is 0 Å². The van der Waals surface area contributed by atoms with Crippen molar-refractivity contribution in [1.29, 1.82) is 0 Å². The average molecular weight is 398 g/mol. The topological polar surface area (TPSA) is 61.4 Å². The van der Waals surface area contributed by atoms with E-state index in [4.69, 9.17) is 23.8 Å². The fraction of sp³-hybridized carbons (Fsp3) is 0.235. The Morgan fingerprint density at radius 1 is 1.16 bits per heavy atom. The Hall–Kier alpha value is -1.67. The van der Waals surface area contributed by atoms with Gasteiger partial charge in [0.15, 0.2) is 5.11 Å². The average Bonchev–Trinajstić information content (AvgIpc) is 2.54. The van der Waals surface area contributed by atoms with Crippen LogP contribution >= 0.6 is 23.8 Å². The second kappa shape index (κ2) is 8.14. The quantitative estimate of drug-likeness (QED) is 0.754. The molecule has 25 heavy (non-hydrogen) atoms. The normalized spacial score (nSPS) is 12.7. The zero-order chi connectivity index (χ0) is 18.6. The van der Waals surface area contributed by atoms with Gasteiger partial charge in [0.2, 0.25) is 10.0 Å². The molecule has 0 saturated carbocycles. The van der Waals surface area contributed by atoms with Gasteiger partial charge in [0, 0.05) is 24.8 Å². The lowest BCUT2D eigenvalue weighted by Crippen LogP contribution is -2.31. The molecule has 0 amide bonds. The molecule has 2 rings (SSSR count). The summed E-state index contributed by atoms with van der Waals surface area (Å²) in [5.41, 5.74) is 1.60. The van der Waals surface area contributed by atoms with E-state index in [9.17, 15) is 8.42 Å². The molecule has 2 N–H and O–H groups in total. The predicted molar refractivity (Wildman–Crippen MR) is 107 cm³/mol. The summed E-state index contributed by atoms with van der Waals surface area (Å²) in [7, 11) is -0.502. The van der Waals surface area contributed by atoms with Crippen molar-refractivity contribution in [3.05, 3.63) is 59.1 Å². The van der Waals surface area contributed by atoms with E-state index in [0.717, 1.165) is 5.56 Å². The number of nitrogens with zero attached hydrogens (tertiary/aromatic N) is 1. The van der Waals surface area contributed by atoms with Crippen LogP contribution in [0.4, 0.5) is 5.69 Å². The second-order valence-electron chi connectivity index (χ2n) is 5.69. The van der Waals surface area contributed by atoms with Crippen molar-refractivity contribution in [3.8, 4) is 0 Å². The fourth-order valence-electron chi connectivity index (χ4n) is 2.17. The molecule has 0 saturated heterocycles. The Morgan fingerprint density at radius 3 is 2.48 bits per heavy atom. The first kappa shape index (κ1) is 19.7. The maximum Gasteiger partial charge on any atom is 0.242 e. The largest absolute Gasteiger partial charge is 0.356 e. The highest BCUT2D eigenvalue weighted by molar-refractivity contribution is 7.89. The molecular formula is C17H20ClN3O2S2. The third-order valence-electron chi connectivity index (χ3n) is 3.57. The number of anilines is 1. The van der Waals surface area contributed by atoms with Gasteiger partial charge in [-0.05, 0) is 55.0 Å². The van der Waals surface area contributed by atoms with Gasteiger partial charge in [-0.15, -0.1) is 0 Å². The number of rotatable bonds is 5. The lowest BCUT2D eigenvalue weighted by atomic mass is 10.1. The van der Waals surface area contributed by atoms with Crippen molar-refractivity contribution in [2.45, 2.75) is 17.9 Å². The molecule has 0 bridgehead atoms. The maximum atomic E-state index is 12.2. The van der Waals surface area contributed by atoms with Gasteiger partial charge in [-0.3, -0.25) is 0 Å². The molecule has 0 unspecified atom stereocenters. The van der Waals surface area contributed by atoms with Crippen LogP contribution in [0.25, 0.3) is 0 Å². The molecule has 0 spiro atoms. The van der Waals surface area contributed by atoms with Crippen LogP contribution in [0.15, 0.2) is 53.4 Å². The molecule has 0 aliphatic rings. The van der Waals surface area contributed by atoms with E-state index in [1.54, 1.807) is 24.3 Å². The Balaban J connectivity index is 2.08. The number of thiocarbonyl (C=S) groups is 1. The number of sulfonamides is 1. The number of hydrogen-bond donors (Lipinski definition) is 2. The first-order valence-corrected chi connectivity index (χ1v) is 9.78. The molecule has 8 heteroatoms. The van der Waals surface area contributed by atoms with Gasteiger partial charge in [-0.25, -0.2) is 12.7 Å². The van der Waals surface area contributed by atoms with Gasteiger partial charge < -0.3 is 10.6 Å². The number of halogens is 1. The molecule has 0 aliphatic carbocycles. The number of benzene rings is 2. The van der Waals surface area contributed by atoms with E-state index < -0.39 is 10.0 Å². The van der Waals surface area contributed by atoms with Crippen molar-refractivity contribution >= 4 is 44.6 Å². The standard InChI is InChI=1S/C17H20ClN3O2S2/c1-12(13-6-4-7-14(18)10-13)19-17(24)20-15-8-5-9-16(11-15)25(22,23)21(2)3/h4-12H,1-3H3,(H2,19,20,24)/t12-/m1/s1. The van der Waals surface area contributed by atoms with Crippen molar-refractivity contribution in [3.63, 3.8) is 0 Å². The first-order chi connectivity index (χ1) is 11.7. The number of nitrogens with one attached hydrogen (secondary N) is 2. The van der Waals surface area contributed by atoms with E-state index >= 15 is 0 Å². The van der Waals surface area contributed by atoms with Crippen molar-refractivity contribution in [1.82, 2.24) is 9.62 Å². The Kier molecular flexibility index (Phi) is 6.40. The van der Waals surface area contributed by atoms with Crippen LogP contribution < -0.4 is 10.6 Å². The fourth-order valence-corrected chi connectivity index (χ4v) is 3.61. The van der Waals surface area contributed by atoms with E-state index in [2.05, 4.69) is 10.6 Å². The summed E-state index contributed by atoms with van der Waals surface area (Å²) in [6.45, 7) is 1.96. The molecule has 0 radical (unpaired) electrons. The van der Waals surface area contributed by atoms with Gasteiger partial charge in [0.1, 0.15) is 0 Å². The summed E-state index contributed by atoms with van der Waals surface area (Å²) in [6.07, 6.45) is 0. The van der Waals surface area contributed by atoms with Crippen molar-refractivity contribution < 1.29 is 8.42 Å². The minimum Gasteiger partial charge on any atom is -0.356 e. The van der Waals surface area contributed by atoms with Gasteiger partial charge in [-0.2, -0.15) is 0 Å². The van der Waals surface area contributed by atoms with Crippen LogP contribution in [0.1, 0.15) is 18.5 Å². The summed E-state index contributed by atoms with van der Waals surface area (Å²) in [5, 5.41) is 7.22. The summed E-state index contributed by atoms with van der Waals surface area (Å²) in [6, 6.07) is 14.0. The van der Waals surface area contributed by atoms with Crippen LogP contribution in [0, 0.1) is 0 Å². The summed E-state index contributed by atoms with van der Waals surface area (Å²) in [5.74, 6) is 0. The van der Waals surface area contributed by atoms with Gasteiger partial charge >= 0.3 is 0 Å². The maximum absolute atomic E-state index is 12.2. The number of hydrogen-bond acceptors (Lipinski definition) is 3. The summed E-state index contributed by atoms with van der Waals surface area (Å²) >= 11 is 11.3. The molecule has 1 atom stereocenters.